The average molecular weight is 262 g/mol. The van der Waals surface area contributed by atoms with Gasteiger partial charge < -0.3 is 4.74 Å². The van der Waals surface area contributed by atoms with Gasteiger partial charge in [-0.05, 0) is 19.1 Å². The van der Waals surface area contributed by atoms with Gasteiger partial charge in [0.25, 0.3) is 0 Å². The number of benzene rings is 1. The lowest BCUT2D eigenvalue weighted by Gasteiger charge is -2.06. The van der Waals surface area contributed by atoms with E-state index in [0.717, 1.165) is 15.8 Å². The van der Waals surface area contributed by atoms with Crippen LogP contribution in [0.5, 0.6) is 5.75 Å². The van der Waals surface area contributed by atoms with E-state index in [-0.39, 0.29) is 11.5 Å². The summed E-state index contributed by atoms with van der Waals surface area (Å²) < 4.78 is 19.9. The number of hydrogen-bond donors (Lipinski definition) is 0. The molecule has 0 aliphatic carbocycles. The highest BCUT2D eigenvalue weighted by Crippen LogP contribution is 2.31. The molecule has 1 aromatic carbocycles. The summed E-state index contributed by atoms with van der Waals surface area (Å²) in [6.45, 7) is 1.86. The molecule has 0 bridgehead atoms. The highest BCUT2D eigenvalue weighted by molar-refractivity contribution is 9.10. The van der Waals surface area contributed by atoms with Crippen molar-refractivity contribution in [2.75, 3.05) is 7.11 Å². The summed E-state index contributed by atoms with van der Waals surface area (Å²) in [5.41, 5.74) is 1.51. The summed E-state index contributed by atoms with van der Waals surface area (Å²) in [4.78, 5) is 0. The van der Waals surface area contributed by atoms with Gasteiger partial charge in [-0.25, -0.2) is 0 Å². The Bertz CT molecular complexity index is 375. The molecule has 0 aliphatic rings. The van der Waals surface area contributed by atoms with Gasteiger partial charge in [0, 0.05) is 10.0 Å². The minimum absolute atomic E-state index is 0.195. The molecular formula is C8H8BrNO2S. The topological polar surface area (TPSA) is 38.7 Å². The van der Waals surface area contributed by atoms with Gasteiger partial charge in [-0.1, -0.05) is 15.9 Å². The lowest BCUT2D eigenvalue weighted by atomic mass is 10.2. The first kappa shape index (κ1) is 10.4. The molecule has 1 aromatic rings. The average Bonchev–Trinajstić information content (AvgIpc) is 2.11. The summed E-state index contributed by atoms with van der Waals surface area (Å²) in [5.74, 6) is 0.724. The van der Waals surface area contributed by atoms with Crippen LogP contribution in [0.1, 0.15) is 5.56 Å². The molecule has 0 fully saturated rings. The third-order valence-corrected chi connectivity index (χ3v) is 2.38. The van der Waals surface area contributed by atoms with Gasteiger partial charge in [-0.2, -0.15) is 8.57 Å². The molecule has 0 N–H and O–H groups in total. The smallest absolute Gasteiger partial charge is 0.205 e. The number of hydrogen-bond acceptors (Lipinski definition) is 3. The Kier molecular flexibility index (Phi) is 3.62. The zero-order valence-electron chi connectivity index (χ0n) is 7.20. The lowest BCUT2D eigenvalue weighted by molar-refractivity contribution is 0.411. The van der Waals surface area contributed by atoms with E-state index in [1.807, 2.05) is 13.0 Å². The summed E-state index contributed by atoms with van der Waals surface area (Å²) in [6.07, 6.45) is 0. The number of methoxy groups -OCH3 is 1. The fourth-order valence-electron chi connectivity index (χ4n) is 0.987. The third-order valence-electron chi connectivity index (χ3n) is 1.65. The van der Waals surface area contributed by atoms with Crippen LogP contribution in [-0.4, -0.2) is 11.3 Å². The van der Waals surface area contributed by atoms with E-state index in [0.29, 0.717) is 5.69 Å². The molecule has 0 amide bonds. The quantitative estimate of drug-likeness (QED) is 0.822. The highest BCUT2D eigenvalue weighted by Gasteiger charge is 2.05. The van der Waals surface area contributed by atoms with Crippen molar-refractivity contribution < 1.29 is 8.95 Å². The maximum absolute atomic E-state index is 10.3. The zero-order chi connectivity index (χ0) is 9.84. The van der Waals surface area contributed by atoms with Crippen LogP contribution >= 0.6 is 15.9 Å². The van der Waals surface area contributed by atoms with Gasteiger partial charge in [0.1, 0.15) is 5.75 Å². The molecule has 1 rings (SSSR count). The largest absolute Gasteiger partial charge is 0.496 e. The molecule has 0 saturated carbocycles. The highest BCUT2D eigenvalue weighted by atomic mass is 79.9. The van der Waals surface area contributed by atoms with Crippen LogP contribution in [0.2, 0.25) is 0 Å². The second-order valence-corrected chi connectivity index (χ2v) is 3.67. The van der Waals surface area contributed by atoms with Crippen LogP contribution in [0.4, 0.5) is 5.69 Å². The van der Waals surface area contributed by atoms with Gasteiger partial charge >= 0.3 is 0 Å². The van der Waals surface area contributed by atoms with E-state index in [9.17, 15) is 4.21 Å². The van der Waals surface area contributed by atoms with E-state index < -0.39 is 0 Å². The molecule has 5 heteroatoms. The molecular weight excluding hydrogens is 254 g/mol. The van der Waals surface area contributed by atoms with E-state index in [4.69, 9.17) is 4.74 Å². The predicted octanol–water partition coefficient (Wildman–Crippen LogP) is 2.79. The first-order valence-corrected chi connectivity index (χ1v) is 5.02. The van der Waals surface area contributed by atoms with Crippen LogP contribution in [0.25, 0.3) is 0 Å². The molecule has 0 aromatic heterocycles. The minimum atomic E-state index is 0.195. The molecule has 0 heterocycles. The van der Waals surface area contributed by atoms with Crippen LogP contribution in [0.15, 0.2) is 21.0 Å². The summed E-state index contributed by atoms with van der Waals surface area (Å²) in [5, 5.41) is 0. The Morgan fingerprint density at radius 1 is 1.54 bits per heavy atom. The molecule has 3 nitrogen and oxygen atoms in total. The monoisotopic (exact) mass is 261 g/mol. The van der Waals surface area contributed by atoms with E-state index in [1.54, 1.807) is 13.2 Å². The van der Waals surface area contributed by atoms with Crippen molar-refractivity contribution >= 4 is 33.1 Å². The van der Waals surface area contributed by atoms with Crippen molar-refractivity contribution in [2.45, 2.75) is 6.92 Å². The van der Waals surface area contributed by atoms with E-state index in [2.05, 4.69) is 20.3 Å². The Morgan fingerprint density at radius 3 is 2.77 bits per heavy atom. The van der Waals surface area contributed by atoms with Crippen molar-refractivity contribution in [3.8, 4) is 5.75 Å². The molecule has 0 atom stereocenters. The van der Waals surface area contributed by atoms with Crippen molar-refractivity contribution in [2.24, 2.45) is 4.36 Å². The van der Waals surface area contributed by atoms with E-state index >= 15 is 0 Å². The number of nitrogens with zero attached hydrogens (tertiary/aromatic N) is 1. The first-order chi connectivity index (χ1) is 6.19. The fraction of sp³-hybridized carbons (Fsp3) is 0.250. The fourth-order valence-corrected chi connectivity index (χ4v) is 1.68. The van der Waals surface area contributed by atoms with E-state index in [1.165, 1.54) is 0 Å². The molecule has 70 valence electrons. The maximum atomic E-state index is 10.3. The molecule has 0 spiro atoms. The normalized spacial score (nSPS) is 9.46. The van der Waals surface area contributed by atoms with Gasteiger partial charge in [-0.3, -0.25) is 0 Å². The molecule has 13 heavy (non-hydrogen) atoms. The van der Waals surface area contributed by atoms with Crippen molar-refractivity contribution in [1.29, 1.82) is 0 Å². The second kappa shape index (κ2) is 4.53. The van der Waals surface area contributed by atoms with Crippen LogP contribution in [0, 0.1) is 6.92 Å². The Hall–Kier alpha value is -0.680. The molecule has 0 unspecified atom stereocenters. The van der Waals surface area contributed by atoms with Gasteiger partial charge in [0.2, 0.25) is 11.5 Å². The number of rotatable bonds is 2. The van der Waals surface area contributed by atoms with Gasteiger partial charge in [-0.15, -0.1) is 0 Å². The standard InChI is InChI=1S/C8H8BrNO2S/c1-5-7(10-13-11)3-6(9)4-8(5)12-2/h3-4H,1-2H3. The Morgan fingerprint density at radius 2 is 2.23 bits per heavy atom. The second-order valence-electron chi connectivity index (χ2n) is 2.42. The lowest BCUT2D eigenvalue weighted by Crippen LogP contribution is -1.87. The van der Waals surface area contributed by atoms with Crippen LogP contribution in [-0.2, 0) is 11.5 Å². The van der Waals surface area contributed by atoms with Crippen LogP contribution < -0.4 is 4.74 Å². The third kappa shape index (κ3) is 2.38. The zero-order valence-corrected chi connectivity index (χ0v) is 9.61. The summed E-state index contributed by atoms with van der Waals surface area (Å²) in [7, 11) is 1.59. The van der Waals surface area contributed by atoms with Gasteiger partial charge in [0.05, 0.1) is 12.8 Å². The minimum Gasteiger partial charge on any atom is -0.496 e. The van der Waals surface area contributed by atoms with Crippen LogP contribution in [0.3, 0.4) is 0 Å². The number of ether oxygens (including phenoxy) is 1. The van der Waals surface area contributed by atoms with Gasteiger partial charge in [0.15, 0.2) is 0 Å². The molecule has 0 radical (unpaired) electrons. The Balaban J connectivity index is 3.34. The summed E-state index contributed by atoms with van der Waals surface area (Å²) in [6, 6.07) is 3.62. The van der Waals surface area contributed by atoms with Crippen molar-refractivity contribution in [3.63, 3.8) is 0 Å². The molecule has 0 aliphatic heterocycles. The number of halogens is 1. The first-order valence-electron chi connectivity index (χ1n) is 3.53. The predicted molar refractivity (Wildman–Crippen MR) is 55.7 cm³/mol. The maximum Gasteiger partial charge on any atom is 0.205 e. The molecule has 0 saturated heterocycles. The SMILES string of the molecule is COc1cc(Br)cc(N=S=O)c1C. The van der Waals surface area contributed by atoms with Crippen molar-refractivity contribution in [3.05, 3.63) is 22.2 Å². The van der Waals surface area contributed by atoms with Crippen molar-refractivity contribution in [1.82, 2.24) is 0 Å². The Labute approximate surface area is 88.5 Å². The summed E-state index contributed by atoms with van der Waals surface area (Å²) >= 11 is 3.50.